The van der Waals surface area contributed by atoms with Crippen LogP contribution >= 0.6 is 0 Å². The summed E-state index contributed by atoms with van der Waals surface area (Å²) in [6.45, 7) is 8.14. The topological polar surface area (TPSA) is 61.4 Å². The third kappa shape index (κ3) is 4.70. The van der Waals surface area contributed by atoms with Crippen molar-refractivity contribution in [2.45, 2.75) is 45.8 Å². The van der Waals surface area contributed by atoms with Crippen molar-refractivity contribution < 1.29 is 18.0 Å². The number of carbonyl (C=O) groups excluding carboxylic acids is 1. The summed E-state index contributed by atoms with van der Waals surface area (Å²) < 4.78 is 40.3. The molecule has 0 spiro atoms. The summed E-state index contributed by atoms with van der Waals surface area (Å²) in [5, 5.41) is 13.8. The molecule has 2 aromatic carbocycles. The maximum Gasteiger partial charge on any atom is 0.416 e. The number of aryl methyl sites for hydroxylation is 1. The number of benzene rings is 2. The fraction of sp³-hybridized carbons (Fsp3) is 0.444. The number of anilines is 2. The molecule has 1 N–H and O–H groups in total. The number of hydrogen-bond acceptors (Lipinski definition) is 5. The highest BCUT2D eigenvalue weighted by atomic mass is 19.4. The monoisotopic (exact) mass is 497 g/mol. The lowest BCUT2D eigenvalue weighted by atomic mass is 9.97. The minimum absolute atomic E-state index is 0.202. The Hall–Kier alpha value is -3.36. The second-order valence-corrected chi connectivity index (χ2v) is 9.83. The van der Waals surface area contributed by atoms with Crippen molar-refractivity contribution >= 4 is 28.2 Å². The van der Waals surface area contributed by atoms with E-state index in [0.29, 0.717) is 24.5 Å². The third-order valence-corrected chi connectivity index (χ3v) is 7.33. The number of amides is 1. The molecule has 5 rings (SSSR count). The van der Waals surface area contributed by atoms with Gasteiger partial charge in [0.05, 0.1) is 17.3 Å². The van der Waals surface area contributed by atoms with E-state index >= 15 is 0 Å². The molecule has 1 saturated heterocycles. The Morgan fingerprint density at radius 2 is 1.75 bits per heavy atom. The molecule has 190 valence electrons. The average molecular weight is 498 g/mol. The number of piperazine rings is 1. The molecule has 1 amide bonds. The van der Waals surface area contributed by atoms with Crippen LogP contribution in [0, 0.1) is 19.8 Å². The summed E-state index contributed by atoms with van der Waals surface area (Å²) in [5.74, 6) is 1.04. The van der Waals surface area contributed by atoms with Crippen LogP contribution < -0.4 is 10.2 Å². The lowest BCUT2D eigenvalue weighted by Crippen LogP contribution is -2.49. The first kappa shape index (κ1) is 24.3. The fourth-order valence-corrected chi connectivity index (χ4v) is 5.07. The normalized spacial score (nSPS) is 17.4. The van der Waals surface area contributed by atoms with Gasteiger partial charge in [-0.25, -0.2) is 0 Å². The van der Waals surface area contributed by atoms with E-state index in [9.17, 15) is 18.0 Å². The number of hydrogen-bond donors (Lipinski definition) is 1. The number of fused-ring (bicyclic) bond motifs is 1. The zero-order valence-electron chi connectivity index (χ0n) is 20.7. The Kier molecular flexibility index (Phi) is 6.26. The first-order valence-electron chi connectivity index (χ1n) is 12.4. The quantitative estimate of drug-likeness (QED) is 0.505. The van der Waals surface area contributed by atoms with Gasteiger partial charge in [-0.05, 0) is 62.9 Å². The zero-order chi connectivity index (χ0) is 25.6. The summed E-state index contributed by atoms with van der Waals surface area (Å²) in [6, 6.07) is 9.98. The second kappa shape index (κ2) is 9.26. The fourth-order valence-electron chi connectivity index (χ4n) is 5.07. The van der Waals surface area contributed by atoms with Crippen LogP contribution in [-0.4, -0.2) is 47.2 Å². The van der Waals surface area contributed by atoms with Crippen molar-refractivity contribution in [2.24, 2.45) is 5.92 Å². The van der Waals surface area contributed by atoms with E-state index in [1.807, 2.05) is 24.8 Å². The molecule has 0 radical (unpaired) electrons. The SMILES string of the molecule is Cc1c([C@@H](C)Nc2nnc(C)c3ccc(N4CCN(C(=O)C5CC5)CC4)cc23)cccc1C(F)(F)F. The molecule has 2 aliphatic rings. The molecule has 0 bridgehead atoms. The number of carbonyl (C=O) groups is 1. The highest BCUT2D eigenvalue weighted by Gasteiger charge is 2.35. The molecule has 36 heavy (non-hydrogen) atoms. The van der Waals surface area contributed by atoms with Crippen LogP contribution in [0.2, 0.25) is 0 Å². The molecule has 9 heteroatoms. The average Bonchev–Trinajstić information content (AvgIpc) is 3.70. The minimum atomic E-state index is -4.40. The number of aromatic nitrogens is 2. The molecule has 1 aliphatic heterocycles. The molecule has 2 fully saturated rings. The van der Waals surface area contributed by atoms with Gasteiger partial charge >= 0.3 is 6.18 Å². The van der Waals surface area contributed by atoms with Crippen molar-refractivity contribution in [3.05, 3.63) is 58.8 Å². The van der Waals surface area contributed by atoms with Gasteiger partial charge in [0, 0.05) is 48.6 Å². The van der Waals surface area contributed by atoms with E-state index in [2.05, 4.69) is 32.5 Å². The number of halogens is 3. The van der Waals surface area contributed by atoms with Gasteiger partial charge in [0.15, 0.2) is 5.82 Å². The summed E-state index contributed by atoms with van der Waals surface area (Å²) >= 11 is 0. The first-order valence-corrected chi connectivity index (χ1v) is 12.4. The van der Waals surface area contributed by atoms with Crippen LogP contribution in [0.3, 0.4) is 0 Å². The molecular formula is C27H30F3N5O. The predicted octanol–water partition coefficient (Wildman–Crippen LogP) is 5.50. The molecule has 1 saturated carbocycles. The van der Waals surface area contributed by atoms with Gasteiger partial charge in [-0.3, -0.25) is 4.79 Å². The minimum Gasteiger partial charge on any atom is -0.368 e. The van der Waals surface area contributed by atoms with Gasteiger partial charge in [-0.1, -0.05) is 18.2 Å². The van der Waals surface area contributed by atoms with Crippen molar-refractivity contribution in [1.29, 1.82) is 0 Å². The highest BCUT2D eigenvalue weighted by molar-refractivity contribution is 5.95. The Labute approximate surface area is 208 Å². The van der Waals surface area contributed by atoms with E-state index < -0.39 is 17.8 Å². The van der Waals surface area contributed by atoms with Gasteiger partial charge in [0.1, 0.15) is 0 Å². The second-order valence-electron chi connectivity index (χ2n) is 9.83. The van der Waals surface area contributed by atoms with E-state index in [1.165, 1.54) is 13.0 Å². The Morgan fingerprint density at radius 1 is 1.03 bits per heavy atom. The van der Waals surface area contributed by atoms with Gasteiger partial charge < -0.3 is 15.1 Å². The number of nitrogens with one attached hydrogen (secondary N) is 1. The first-order chi connectivity index (χ1) is 17.1. The van der Waals surface area contributed by atoms with Crippen molar-refractivity contribution in [1.82, 2.24) is 15.1 Å². The van der Waals surface area contributed by atoms with E-state index in [4.69, 9.17) is 0 Å². The molecule has 1 aromatic heterocycles. The van der Waals surface area contributed by atoms with Crippen LogP contribution in [-0.2, 0) is 11.0 Å². The molecule has 3 aromatic rings. The smallest absolute Gasteiger partial charge is 0.368 e. The van der Waals surface area contributed by atoms with Crippen LogP contribution in [0.15, 0.2) is 36.4 Å². The molecule has 1 aliphatic carbocycles. The lowest BCUT2D eigenvalue weighted by molar-refractivity contribution is -0.138. The number of rotatable bonds is 5. The van der Waals surface area contributed by atoms with Crippen LogP contribution in [0.25, 0.3) is 10.8 Å². The standard InChI is InChI=1S/C27H30F3N5O/c1-16-21(5-4-6-24(16)27(28,29)30)17(2)31-25-23-15-20(9-10-22(23)18(3)32-33-25)34-11-13-35(14-12-34)26(36)19-7-8-19/h4-6,9-10,15,17,19H,7-8,11-14H2,1-3H3,(H,31,33)/t17-/m1/s1. The molecular weight excluding hydrogens is 467 g/mol. The summed E-state index contributed by atoms with van der Waals surface area (Å²) in [5.41, 5.74) is 1.95. The summed E-state index contributed by atoms with van der Waals surface area (Å²) in [6.07, 6.45) is -2.38. The van der Waals surface area contributed by atoms with E-state index in [0.717, 1.165) is 54.2 Å². The molecule has 0 unspecified atom stereocenters. The summed E-state index contributed by atoms with van der Waals surface area (Å²) in [4.78, 5) is 16.6. The molecule has 2 heterocycles. The Bertz CT molecular complexity index is 1300. The maximum absolute atomic E-state index is 13.4. The largest absolute Gasteiger partial charge is 0.416 e. The van der Waals surface area contributed by atoms with Gasteiger partial charge in [0.2, 0.25) is 5.91 Å². The molecule has 1 atom stereocenters. The maximum atomic E-state index is 13.4. The highest BCUT2D eigenvalue weighted by Crippen LogP contribution is 2.36. The van der Waals surface area contributed by atoms with Crippen molar-refractivity contribution in [2.75, 3.05) is 36.4 Å². The lowest BCUT2D eigenvalue weighted by Gasteiger charge is -2.36. The Morgan fingerprint density at radius 3 is 2.42 bits per heavy atom. The van der Waals surface area contributed by atoms with Gasteiger partial charge in [0.25, 0.3) is 0 Å². The Balaban J connectivity index is 1.40. The summed E-state index contributed by atoms with van der Waals surface area (Å²) in [7, 11) is 0. The van der Waals surface area contributed by atoms with E-state index in [1.54, 1.807) is 6.07 Å². The van der Waals surface area contributed by atoms with Gasteiger partial charge in [-0.2, -0.15) is 18.3 Å². The van der Waals surface area contributed by atoms with Crippen LogP contribution in [0.5, 0.6) is 0 Å². The van der Waals surface area contributed by atoms with Gasteiger partial charge in [-0.15, -0.1) is 5.10 Å². The number of nitrogens with zero attached hydrogens (tertiary/aromatic N) is 4. The zero-order valence-corrected chi connectivity index (χ0v) is 20.7. The van der Waals surface area contributed by atoms with Crippen LogP contribution in [0.1, 0.15) is 48.2 Å². The molecule has 6 nitrogen and oxygen atoms in total. The number of alkyl halides is 3. The van der Waals surface area contributed by atoms with Crippen LogP contribution in [0.4, 0.5) is 24.7 Å². The third-order valence-electron chi connectivity index (χ3n) is 7.33. The van der Waals surface area contributed by atoms with Crippen molar-refractivity contribution in [3.8, 4) is 0 Å². The van der Waals surface area contributed by atoms with Crippen molar-refractivity contribution in [3.63, 3.8) is 0 Å². The van der Waals surface area contributed by atoms with E-state index in [-0.39, 0.29) is 17.4 Å². The predicted molar refractivity (Wildman–Crippen MR) is 134 cm³/mol.